The molecule has 94 valence electrons. The number of likely N-dealkylation sites (tertiary alicyclic amines) is 1. The predicted molar refractivity (Wildman–Crippen MR) is 75.8 cm³/mol. The Bertz CT molecular complexity index is 394. The van der Waals surface area contributed by atoms with Crippen LogP contribution in [0.25, 0.3) is 0 Å². The van der Waals surface area contributed by atoms with E-state index in [4.69, 9.17) is 0 Å². The summed E-state index contributed by atoms with van der Waals surface area (Å²) in [7, 11) is 0. The molecule has 17 heavy (non-hydrogen) atoms. The molecule has 0 amide bonds. The normalized spacial score (nSPS) is 26.1. The predicted octanol–water partition coefficient (Wildman–Crippen LogP) is 3.96. The second-order valence-corrected chi connectivity index (χ2v) is 7.29. The molecule has 0 N–H and O–H groups in total. The molecule has 0 spiro atoms. The molecule has 2 rings (SSSR count). The lowest BCUT2D eigenvalue weighted by Gasteiger charge is -2.38. The van der Waals surface area contributed by atoms with E-state index in [9.17, 15) is 4.79 Å². The van der Waals surface area contributed by atoms with E-state index < -0.39 is 0 Å². The van der Waals surface area contributed by atoms with Crippen molar-refractivity contribution in [3.8, 4) is 0 Å². The molecule has 1 fully saturated rings. The number of hydrogen-bond donors (Lipinski definition) is 0. The molecule has 1 aliphatic rings. The van der Waals surface area contributed by atoms with E-state index in [1.807, 2.05) is 12.1 Å². The average Bonchev–Trinajstić information content (AvgIpc) is 2.70. The number of Topliss-reactive ketones (excluding diaryl/α,β-unsaturated/α-hetero) is 1. The van der Waals surface area contributed by atoms with E-state index in [0.717, 1.165) is 8.66 Å². The summed E-state index contributed by atoms with van der Waals surface area (Å²) in [6, 6.07) is 4.93. The number of carbonyl (C=O) groups excluding carboxylic acids is 1. The summed E-state index contributed by atoms with van der Waals surface area (Å²) in [5.74, 6) is 0.251. The van der Waals surface area contributed by atoms with Crippen molar-refractivity contribution in [2.75, 3.05) is 6.54 Å². The van der Waals surface area contributed by atoms with Gasteiger partial charge in [0.1, 0.15) is 0 Å². The fraction of sp³-hybridized carbons (Fsp3) is 0.615. The Labute approximate surface area is 115 Å². The maximum atomic E-state index is 12.2. The van der Waals surface area contributed by atoms with Gasteiger partial charge in [-0.15, -0.1) is 11.3 Å². The van der Waals surface area contributed by atoms with Crippen LogP contribution in [0, 0.1) is 0 Å². The Morgan fingerprint density at radius 3 is 2.59 bits per heavy atom. The molecule has 2 atom stereocenters. The van der Waals surface area contributed by atoms with Gasteiger partial charge < -0.3 is 0 Å². The summed E-state index contributed by atoms with van der Waals surface area (Å²) in [5, 5.41) is 0. The molecule has 1 aliphatic heterocycles. The molecular weight excluding hydrogens is 298 g/mol. The number of thiophene rings is 1. The van der Waals surface area contributed by atoms with E-state index in [2.05, 4.69) is 34.7 Å². The van der Waals surface area contributed by atoms with Gasteiger partial charge >= 0.3 is 0 Å². The fourth-order valence-corrected chi connectivity index (χ4v) is 3.81. The molecule has 0 aliphatic carbocycles. The van der Waals surface area contributed by atoms with Crippen molar-refractivity contribution in [1.82, 2.24) is 4.90 Å². The zero-order valence-corrected chi connectivity index (χ0v) is 12.7. The Morgan fingerprint density at radius 1 is 1.41 bits per heavy atom. The van der Waals surface area contributed by atoms with Gasteiger partial charge in [0, 0.05) is 12.1 Å². The van der Waals surface area contributed by atoms with Gasteiger partial charge in [0.2, 0.25) is 0 Å². The summed E-state index contributed by atoms with van der Waals surface area (Å²) in [6.45, 7) is 5.02. The van der Waals surface area contributed by atoms with Crippen molar-refractivity contribution in [3.05, 3.63) is 20.8 Å². The minimum Gasteiger partial charge on any atom is -0.292 e. The Balaban J connectivity index is 2.02. The molecule has 4 heteroatoms. The largest absolute Gasteiger partial charge is 0.292 e. The van der Waals surface area contributed by atoms with Gasteiger partial charge in [-0.25, -0.2) is 0 Å². The van der Waals surface area contributed by atoms with Crippen LogP contribution in [0.2, 0.25) is 0 Å². The quantitative estimate of drug-likeness (QED) is 0.787. The van der Waals surface area contributed by atoms with Crippen molar-refractivity contribution < 1.29 is 4.79 Å². The number of piperidine rings is 1. The summed E-state index contributed by atoms with van der Waals surface area (Å²) < 4.78 is 1.03. The Morgan fingerprint density at radius 2 is 2.06 bits per heavy atom. The lowest BCUT2D eigenvalue weighted by Crippen LogP contribution is -2.46. The van der Waals surface area contributed by atoms with Crippen LogP contribution in [-0.2, 0) is 0 Å². The number of ketones is 1. The van der Waals surface area contributed by atoms with Crippen LogP contribution in [0.1, 0.15) is 42.8 Å². The maximum Gasteiger partial charge on any atom is 0.186 e. The first-order valence-electron chi connectivity index (χ1n) is 6.12. The van der Waals surface area contributed by atoms with Crippen LogP contribution in [0.5, 0.6) is 0 Å². The van der Waals surface area contributed by atoms with E-state index in [0.29, 0.717) is 18.6 Å². The minimum absolute atomic E-state index is 0.251. The monoisotopic (exact) mass is 315 g/mol. The number of rotatable bonds is 3. The number of nitrogens with zero attached hydrogens (tertiary/aromatic N) is 1. The van der Waals surface area contributed by atoms with Gasteiger partial charge in [-0.1, -0.05) is 6.42 Å². The van der Waals surface area contributed by atoms with Crippen molar-refractivity contribution in [1.29, 1.82) is 0 Å². The molecule has 0 bridgehead atoms. The van der Waals surface area contributed by atoms with Crippen LogP contribution < -0.4 is 0 Å². The third-order valence-corrected chi connectivity index (χ3v) is 5.22. The van der Waals surface area contributed by atoms with Gasteiger partial charge in [0.05, 0.1) is 15.2 Å². The fourth-order valence-electron chi connectivity index (χ4n) is 2.49. The summed E-state index contributed by atoms with van der Waals surface area (Å²) in [5.41, 5.74) is 0. The van der Waals surface area contributed by atoms with Crippen molar-refractivity contribution in [3.63, 3.8) is 0 Å². The van der Waals surface area contributed by atoms with Gasteiger partial charge in [-0.3, -0.25) is 9.69 Å². The Kier molecular flexibility index (Phi) is 4.39. The first-order chi connectivity index (χ1) is 8.08. The first kappa shape index (κ1) is 13.2. The molecule has 2 nitrogen and oxygen atoms in total. The van der Waals surface area contributed by atoms with Crippen LogP contribution in [0.4, 0.5) is 0 Å². The summed E-state index contributed by atoms with van der Waals surface area (Å²) in [4.78, 5) is 15.4. The number of hydrogen-bond acceptors (Lipinski definition) is 3. The lowest BCUT2D eigenvalue weighted by atomic mass is 9.97. The summed E-state index contributed by atoms with van der Waals surface area (Å²) >= 11 is 4.93. The van der Waals surface area contributed by atoms with Crippen LogP contribution >= 0.6 is 27.3 Å². The topological polar surface area (TPSA) is 20.3 Å². The zero-order chi connectivity index (χ0) is 12.4. The number of halogens is 1. The molecule has 0 saturated carbocycles. The third-order valence-electron chi connectivity index (χ3n) is 3.55. The highest BCUT2D eigenvalue weighted by Crippen LogP contribution is 2.25. The van der Waals surface area contributed by atoms with E-state index in [1.54, 1.807) is 0 Å². The second-order valence-electron chi connectivity index (χ2n) is 4.83. The minimum atomic E-state index is 0.251. The Hall–Kier alpha value is -0.190. The zero-order valence-electron chi connectivity index (χ0n) is 10.3. The molecule has 0 radical (unpaired) electrons. The standard InChI is InChI=1S/C13H18BrNOS/c1-9-4-3-5-10(2)15(9)8-11(16)12-6-7-13(14)17-12/h6-7,9-10H,3-5,8H2,1-2H3. The van der Waals surface area contributed by atoms with Crippen molar-refractivity contribution in [2.45, 2.75) is 45.2 Å². The van der Waals surface area contributed by atoms with Gasteiger partial charge in [-0.05, 0) is 54.8 Å². The van der Waals surface area contributed by atoms with Crippen LogP contribution in [0.3, 0.4) is 0 Å². The van der Waals surface area contributed by atoms with E-state index in [-0.39, 0.29) is 5.78 Å². The molecule has 0 aromatic carbocycles. The summed E-state index contributed by atoms with van der Waals surface area (Å²) in [6.07, 6.45) is 3.72. The lowest BCUT2D eigenvalue weighted by molar-refractivity contribution is 0.0738. The van der Waals surface area contributed by atoms with Gasteiger partial charge in [-0.2, -0.15) is 0 Å². The molecule has 2 heterocycles. The van der Waals surface area contributed by atoms with Crippen molar-refractivity contribution in [2.24, 2.45) is 0 Å². The highest BCUT2D eigenvalue weighted by Gasteiger charge is 2.26. The molecule has 1 saturated heterocycles. The maximum absolute atomic E-state index is 12.2. The van der Waals surface area contributed by atoms with Crippen LogP contribution in [0.15, 0.2) is 15.9 Å². The molecule has 1 aromatic heterocycles. The second kappa shape index (κ2) is 5.63. The highest BCUT2D eigenvalue weighted by atomic mass is 79.9. The highest BCUT2D eigenvalue weighted by molar-refractivity contribution is 9.11. The SMILES string of the molecule is CC1CCCC(C)N1CC(=O)c1ccc(Br)s1. The van der Waals surface area contributed by atoms with Crippen molar-refractivity contribution >= 4 is 33.0 Å². The van der Waals surface area contributed by atoms with E-state index in [1.165, 1.54) is 30.6 Å². The average molecular weight is 316 g/mol. The van der Waals surface area contributed by atoms with E-state index >= 15 is 0 Å². The molecule has 2 unspecified atom stereocenters. The van der Waals surface area contributed by atoms with Gasteiger partial charge in [0.25, 0.3) is 0 Å². The smallest absolute Gasteiger partial charge is 0.186 e. The third kappa shape index (κ3) is 3.18. The number of carbonyl (C=O) groups is 1. The molecular formula is C13H18BrNOS. The molecule has 1 aromatic rings. The van der Waals surface area contributed by atoms with Gasteiger partial charge in [0.15, 0.2) is 5.78 Å². The first-order valence-corrected chi connectivity index (χ1v) is 7.73. The van der Waals surface area contributed by atoms with Crippen LogP contribution in [-0.4, -0.2) is 29.3 Å².